The summed E-state index contributed by atoms with van der Waals surface area (Å²) in [6.07, 6.45) is 0. The fraction of sp³-hybridized carbons (Fsp3) is 0. The van der Waals surface area contributed by atoms with Crippen molar-refractivity contribution in [2.75, 3.05) is 0 Å². The first-order valence-corrected chi connectivity index (χ1v) is 25.2. The summed E-state index contributed by atoms with van der Waals surface area (Å²) in [6.45, 7) is 0. The SMILES string of the molecule is N#Cc1ccc(-n2c3ccccc3c3cc(-c4cc(-c5nc(-c6ccccc6)cc(-c6ccccc6)n5)ccc4-n4c5ccccc5c5ccccc54)ccc32)c(-c2nc(-c3ccccc3)nc(-c3ccccc3)n2)c1. The van der Waals surface area contributed by atoms with Crippen molar-refractivity contribution in [2.45, 2.75) is 0 Å². The van der Waals surface area contributed by atoms with Gasteiger partial charge in [0.25, 0.3) is 0 Å². The molecule has 76 heavy (non-hydrogen) atoms. The minimum Gasteiger partial charge on any atom is -0.309 e. The van der Waals surface area contributed by atoms with Crippen molar-refractivity contribution in [2.24, 2.45) is 0 Å². The van der Waals surface area contributed by atoms with E-state index in [0.717, 1.165) is 94.5 Å². The van der Waals surface area contributed by atoms with Gasteiger partial charge < -0.3 is 9.13 Å². The van der Waals surface area contributed by atoms with Crippen molar-refractivity contribution in [1.29, 1.82) is 5.26 Å². The Bertz CT molecular complexity index is 4410. The molecule has 14 rings (SSSR count). The Hall–Kier alpha value is -10.6. The highest BCUT2D eigenvalue weighted by molar-refractivity contribution is 6.12. The summed E-state index contributed by atoms with van der Waals surface area (Å²) in [5.41, 5.74) is 15.6. The van der Waals surface area contributed by atoms with Gasteiger partial charge in [-0.25, -0.2) is 24.9 Å². The van der Waals surface area contributed by atoms with Crippen LogP contribution in [0.2, 0.25) is 0 Å². The van der Waals surface area contributed by atoms with Crippen molar-refractivity contribution in [3.63, 3.8) is 0 Å². The van der Waals surface area contributed by atoms with Gasteiger partial charge in [-0.2, -0.15) is 5.26 Å². The van der Waals surface area contributed by atoms with Crippen molar-refractivity contribution < 1.29 is 0 Å². The first kappa shape index (κ1) is 44.1. The summed E-state index contributed by atoms with van der Waals surface area (Å²) >= 11 is 0. The lowest BCUT2D eigenvalue weighted by Crippen LogP contribution is -2.04. The van der Waals surface area contributed by atoms with Crippen LogP contribution in [-0.2, 0) is 0 Å². The standard InChI is InChI=1S/C68H42N8/c69-43-44-33-36-64(56(39-44)68-73-65(47-23-9-3-10-24-47)72-66(74-68)48-25-11-4-12-26-48)76-61-32-18-15-29-53(61)55-40-49(34-37-63(55)76)54-41-50(35-38-62(54)75-59-30-16-13-27-51(59)52-28-14-17-31-60(52)75)67-70-57(45-19-5-1-6-20-45)42-58(71-67)46-21-7-2-8-22-46/h1-42H. The second kappa shape index (κ2) is 18.5. The topological polar surface area (TPSA) is 98.1 Å². The monoisotopic (exact) mass is 970 g/mol. The molecule has 14 aromatic rings. The maximum atomic E-state index is 10.4. The summed E-state index contributed by atoms with van der Waals surface area (Å²) in [4.78, 5) is 25.9. The van der Waals surface area contributed by atoms with Crippen LogP contribution in [0.15, 0.2) is 255 Å². The minimum atomic E-state index is 0.462. The molecule has 0 unspecified atom stereocenters. The van der Waals surface area contributed by atoms with E-state index in [1.807, 2.05) is 115 Å². The maximum Gasteiger partial charge on any atom is 0.166 e. The third-order valence-corrected chi connectivity index (χ3v) is 14.2. The molecule has 4 aromatic heterocycles. The molecule has 0 amide bonds. The number of aromatic nitrogens is 7. The average molecular weight is 971 g/mol. The molecule has 0 saturated carbocycles. The summed E-state index contributed by atoms with van der Waals surface area (Å²) in [5.74, 6) is 2.17. The quantitative estimate of drug-likeness (QED) is 0.143. The Morgan fingerprint density at radius 3 is 1.21 bits per heavy atom. The van der Waals surface area contributed by atoms with Crippen LogP contribution in [0, 0.1) is 11.3 Å². The van der Waals surface area contributed by atoms with E-state index in [2.05, 4.69) is 155 Å². The summed E-state index contributed by atoms with van der Waals surface area (Å²) in [7, 11) is 0. The minimum absolute atomic E-state index is 0.462. The smallest absolute Gasteiger partial charge is 0.166 e. The van der Waals surface area contributed by atoms with Crippen LogP contribution in [0.25, 0.3) is 134 Å². The lowest BCUT2D eigenvalue weighted by atomic mass is 9.98. The van der Waals surface area contributed by atoms with Gasteiger partial charge in [0, 0.05) is 60.5 Å². The normalized spacial score (nSPS) is 11.4. The third-order valence-electron chi connectivity index (χ3n) is 14.2. The molecule has 0 aliphatic carbocycles. The predicted octanol–water partition coefficient (Wildman–Crippen LogP) is 16.4. The van der Waals surface area contributed by atoms with Gasteiger partial charge in [0.15, 0.2) is 23.3 Å². The van der Waals surface area contributed by atoms with E-state index in [1.165, 1.54) is 10.8 Å². The molecule has 0 atom stereocenters. The Kier molecular flexibility index (Phi) is 10.7. The van der Waals surface area contributed by atoms with Crippen LogP contribution >= 0.6 is 0 Å². The molecule has 0 N–H and O–H groups in total. The zero-order chi connectivity index (χ0) is 50.5. The number of nitriles is 1. The Labute approximate surface area is 437 Å². The Balaban J connectivity index is 1.00. The van der Waals surface area contributed by atoms with Crippen LogP contribution in [0.4, 0.5) is 0 Å². The van der Waals surface area contributed by atoms with E-state index in [1.54, 1.807) is 0 Å². The second-order valence-corrected chi connectivity index (χ2v) is 18.8. The molecule has 0 spiro atoms. The fourth-order valence-corrected chi connectivity index (χ4v) is 10.7. The third kappa shape index (κ3) is 7.66. The van der Waals surface area contributed by atoms with Crippen LogP contribution in [-0.4, -0.2) is 34.1 Å². The highest BCUT2D eigenvalue weighted by Gasteiger charge is 2.23. The number of fused-ring (bicyclic) bond motifs is 6. The number of rotatable bonds is 9. The second-order valence-electron chi connectivity index (χ2n) is 18.8. The van der Waals surface area contributed by atoms with Crippen LogP contribution in [0.1, 0.15) is 5.56 Å². The first-order valence-electron chi connectivity index (χ1n) is 25.2. The number of hydrogen-bond acceptors (Lipinski definition) is 6. The molecule has 8 heteroatoms. The highest BCUT2D eigenvalue weighted by atomic mass is 15.1. The molecule has 0 fully saturated rings. The molecule has 10 aromatic carbocycles. The van der Waals surface area contributed by atoms with Crippen molar-refractivity contribution in [1.82, 2.24) is 34.1 Å². The molecule has 4 heterocycles. The Morgan fingerprint density at radius 1 is 0.276 bits per heavy atom. The molecule has 0 saturated heterocycles. The van der Waals surface area contributed by atoms with Gasteiger partial charge in [0.1, 0.15) is 0 Å². The van der Waals surface area contributed by atoms with Crippen molar-refractivity contribution in [3.8, 4) is 96.6 Å². The number of para-hydroxylation sites is 3. The van der Waals surface area contributed by atoms with Gasteiger partial charge in [-0.05, 0) is 78.4 Å². The maximum absolute atomic E-state index is 10.4. The molecule has 0 aliphatic rings. The number of hydrogen-bond donors (Lipinski definition) is 0. The van der Waals surface area contributed by atoms with Crippen molar-refractivity contribution >= 4 is 43.6 Å². The molecular formula is C68H42N8. The molecule has 8 nitrogen and oxygen atoms in total. The zero-order valence-corrected chi connectivity index (χ0v) is 40.8. The predicted molar refractivity (Wildman–Crippen MR) is 307 cm³/mol. The average Bonchev–Trinajstić information content (AvgIpc) is 4.11. The van der Waals surface area contributed by atoms with Crippen LogP contribution in [0.3, 0.4) is 0 Å². The van der Waals surface area contributed by atoms with E-state index in [9.17, 15) is 5.26 Å². The molecule has 0 bridgehead atoms. The van der Waals surface area contributed by atoms with Gasteiger partial charge in [0.2, 0.25) is 0 Å². The van der Waals surface area contributed by atoms with E-state index in [4.69, 9.17) is 24.9 Å². The number of benzene rings is 10. The molecular weight excluding hydrogens is 929 g/mol. The molecule has 354 valence electrons. The van der Waals surface area contributed by atoms with E-state index >= 15 is 0 Å². The van der Waals surface area contributed by atoms with Crippen LogP contribution in [0.5, 0.6) is 0 Å². The lowest BCUT2D eigenvalue weighted by Gasteiger charge is -2.17. The highest BCUT2D eigenvalue weighted by Crippen LogP contribution is 2.42. The fourth-order valence-electron chi connectivity index (χ4n) is 10.7. The zero-order valence-electron chi connectivity index (χ0n) is 40.8. The van der Waals surface area contributed by atoms with Gasteiger partial charge in [-0.3, -0.25) is 0 Å². The van der Waals surface area contributed by atoms with E-state index in [0.29, 0.717) is 34.4 Å². The van der Waals surface area contributed by atoms with Gasteiger partial charge >= 0.3 is 0 Å². The van der Waals surface area contributed by atoms with Gasteiger partial charge in [-0.1, -0.05) is 182 Å². The molecule has 0 aliphatic heterocycles. The van der Waals surface area contributed by atoms with E-state index in [-0.39, 0.29) is 0 Å². The Morgan fingerprint density at radius 2 is 0.684 bits per heavy atom. The lowest BCUT2D eigenvalue weighted by molar-refractivity contribution is 1.06. The summed E-state index contributed by atoms with van der Waals surface area (Å²) in [5, 5.41) is 14.9. The number of nitrogens with zero attached hydrogens (tertiary/aromatic N) is 8. The van der Waals surface area contributed by atoms with Crippen molar-refractivity contribution in [3.05, 3.63) is 260 Å². The van der Waals surface area contributed by atoms with E-state index < -0.39 is 0 Å². The molecule has 0 radical (unpaired) electrons. The van der Waals surface area contributed by atoms with Gasteiger partial charge in [0.05, 0.1) is 56.5 Å². The summed E-state index contributed by atoms with van der Waals surface area (Å²) < 4.78 is 4.66. The van der Waals surface area contributed by atoms with Gasteiger partial charge in [-0.15, -0.1) is 0 Å². The largest absolute Gasteiger partial charge is 0.309 e. The summed E-state index contributed by atoms with van der Waals surface area (Å²) in [6, 6.07) is 89.9. The van der Waals surface area contributed by atoms with Crippen LogP contribution < -0.4 is 0 Å². The first-order chi connectivity index (χ1) is 37.6.